The van der Waals surface area contributed by atoms with Crippen LogP contribution >= 0.6 is 15.9 Å². The van der Waals surface area contributed by atoms with Gasteiger partial charge in [-0.05, 0) is 51.0 Å². The largest absolute Gasteiger partial charge is 0.301 e. The van der Waals surface area contributed by atoms with E-state index in [1.54, 1.807) is 7.11 Å². The predicted octanol–water partition coefficient (Wildman–Crippen LogP) is 3.80. The van der Waals surface area contributed by atoms with Crippen LogP contribution in [0, 0.1) is 0 Å². The predicted molar refractivity (Wildman–Crippen MR) is 69.0 cm³/mol. The Balaban J connectivity index is 2.68. The monoisotopic (exact) mass is 283 g/mol. The first-order valence-corrected chi connectivity index (χ1v) is 6.26. The molecule has 1 heterocycles. The minimum absolute atomic E-state index is 0.0890. The number of fused-ring (bicyclic) bond motifs is 1. The Hall–Kier alpha value is -0.380. The van der Waals surface area contributed by atoms with Gasteiger partial charge in [-0.25, -0.2) is 0 Å². The van der Waals surface area contributed by atoms with Gasteiger partial charge in [0.15, 0.2) is 0 Å². The van der Waals surface area contributed by atoms with Crippen LogP contribution < -0.4 is 0 Å². The fraction of sp³-hybridized carbons (Fsp3) is 0.538. The highest BCUT2D eigenvalue weighted by Gasteiger charge is 2.49. The number of nitrogens with zero attached hydrogens (tertiary/aromatic N) is 1. The van der Waals surface area contributed by atoms with Gasteiger partial charge in [-0.3, -0.25) is 0 Å². The summed E-state index contributed by atoms with van der Waals surface area (Å²) in [6.07, 6.45) is 0. The lowest BCUT2D eigenvalue weighted by molar-refractivity contribution is -0.241. The normalized spacial score (nSPS) is 22.1. The Morgan fingerprint density at radius 3 is 2.19 bits per heavy atom. The lowest BCUT2D eigenvalue weighted by Crippen LogP contribution is -2.44. The van der Waals surface area contributed by atoms with Crippen LogP contribution in [0.2, 0.25) is 0 Å². The van der Waals surface area contributed by atoms with E-state index in [2.05, 4.69) is 66.9 Å². The van der Waals surface area contributed by atoms with E-state index in [9.17, 15) is 0 Å². The molecule has 1 aromatic rings. The van der Waals surface area contributed by atoms with Gasteiger partial charge in [0.1, 0.15) is 0 Å². The van der Waals surface area contributed by atoms with Crippen LogP contribution in [0.15, 0.2) is 22.7 Å². The minimum atomic E-state index is -0.0998. The molecule has 2 rings (SSSR count). The van der Waals surface area contributed by atoms with Crippen LogP contribution in [0.25, 0.3) is 0 Å². The quantitative estimate of drug-likeness (QED) is 0.777. The highest BCUT2D eigenvalue weighted by atomic mass is 79.9. The van der Waals surface area contributed by atoms with Crippen LogP contribution in [0.3, 0.4) is 0 Å². The van der Waals surface area contributed by atoms with Crippen LogP contribution in [0.4, 0.5) is 0 Å². The number of halogens is 1. The van der Waals surface area contributed by atoms with E-state index in [0.29, 0.717) is 0 Å². The molecule has 0 amide bonds. The number of hydrogen-bond acceptors (Lipinski definition) is 2. The third-order valence-corrected chi connectivity index (χ3v) is 3.99. The van der Waals surface area contributed by atoms with Gasteiger partial charge in [-0.15, -0.1) is 0 Å². The Labute approximate surface area is 106 Å². The topological polar surface area (TPSA) is 12.5 Å². The minimum Gasteiger partial charge on any atom is -0.301 e. The third-order valence-electron chi connectivity index (χ3n) is 3.50. The molecular weight excluding hydrogens is 266 g/mol. The summed E-state index contributed by atoms with van der Waals surface area (Å²) >= 11 is 3.54. The molecule has 0 bridgehead atoms. The fourth-order valence-corrected chi connectivity index (χ4v) is 3.29. The van der Waals surface area contributed by atoms with Crippen molar-refractivity contribution in [3.8, 4) is 0 Å². The maximum absolute atomic E-state index is 5.58. The summed E-state index contributed by atoms with van der Waals surface area (Å²) in [4.78, 5) is 5.58. The third kappa shape index (κ3) is 1.45. The molecule has 0 spiro atoms. The Morgan fingerprint density at radius 1 is 1.06 bits per heavy atom. The SMILES string of the molecule is CON1C(C)(C)c2ccc(Br)cc2C1(C)C. The molecule has 0 atom stereocenters. The number of hydrogen-bond donors (Lipinski definition) is 0. The van der Waals surface area contributed by atoms with E-state index in [1.165, 1.54) is 11.1 Å². The maximum Gasteiger partial charge on any atom is 0.0668 e. The second-order valence-electron chi connectivity index (χ2n) is 5.28. The molecule has 0 unspecified atom stereocenters. The van der Waals surface area contributed by atoms with E-state index in [-0.39, 0.29) is 11.1 Å². The van der Waals surface area contributed by atoms with E-state index >= 15 is 0 Å². The first kappa shape index (κ1) is 12.1. The van der Waals surface area contributed by atoms with E-state index in [0.717, 1.165) is 4.47 Å². The van der Waals surface area contributed by atoms with Gasteiger partial charge >= 0.3 is 0 Å². The second-order valence-corrected chi connectivity index (χ2v) is 6.20. The molecule has 1 aliphatic rings. The summed E-state index contributed by atoms with van der Waals surface area (Å²) < 4.78 is 1.12. The molecule has 0 radical (unpaired) electrons. The summed E-state index contributed by atoms with van der Waals surface area (Å²) in [7, 11) is 1.74. The standard InChI is InChI=1S/C13H18BrNO/c1-12(2)10-7-6-9(14)8-11(10)13(3,4)15(12)16-5/h6-8H,1-5H3. The summed E-state index contributed by atoms with van der Waals surface area (Å²) in [6.45, 7) is 8.77. The molecule has 1 aliphatic heterocycles. The van der Waals surface area contributed by atoms with E-state index in [4.69, 9.17) is 4.84 Å². The van der Waals surface area contributed by atoms with Crippen molar-refractivity contribution in [2.45, 2.75) is 38.8 Å². The molecule has 0 saturated carbocycles. The highest BCUT2D eigenvalue weighted by Crippen LogP contribution is 2.49. The van der Waals surface area contributed by atoms with Gasteiger partial charge in [0.05, 0.1) is 18.2 Å². The van der Waals surface area contributed by atoms with Crippen LogP contribution in [-0.2, 0) is 15.9 Å². The van der Waals surface area contributed by atoms with Crippen molar-refractivity contribution < 1.29 is 4.84 Å². The second kappa shape index (κ2) is 3.56. The highest BCUT2D eigenvalue weighted by molar-refractivity contribution is 9.10. The smallest absolute Gasteiger partial charge is 0.0668 e. The molecule has 1 aromatic carbocycles. The first-order valence-electron chi connectivity index (χ1n) is 5.47. The number of hydroxylamine groups is 2. The number of rotatable bonds is 1. The maximum atomic E-state index is 5.58. The molecule has 0 aromatic heterocycles. The van der Waals surface area contributed by atoms with Crippen LogP contribution in [-0.4, -0.2) is 12.2 Å². The Bertz CT molecular complexity index is 426. The summed E-state index contributed by atoms with van der Waals surface area (Å²) in [5.41, 5.74) is 2.47. The Kier molecular flexibility index (Phi) is 2.69. The summed E-state index contributed by atoms with van der Waals surface area (Å²) in [6, 6.07) is 6.46. The van der Waals surface area contributed by atoms with Crippen molar-refractivity contribution >= 4 is 15.9 Å². The zero-order chi connectivity index (χ0) is 12.1. The Morgan fingerprint density at radius 2 is 1.62 bits per heavy atom. The summed E-state index contributed by atoms with van der Waals surface area (Å²) in [5, 5.41) is 2.07. The number of benzene rings is 1. The lowest BCUT2D eigenvalue weighted by atomic mass is 9.91. The summed E-state index contributed by atoms with van der Waals surface area (Å²) in [5.74, 6) is 0. The molecule has 0 saturated heterocycles. The fourth-order valence-electron chi connectivity index (χ4n) is 2.93. The van der Waals surface area contributed by atoms with Crippen molar-refractivity contribution in [3.05, 3.63) is 33.8 Å². The molecule has 2 nitrogen and oxygen atoms in total. The zero-order valence-electron chi connectivity index (χ0n) is 10.5. The van der Waals surface area contributed by atoms with Crippen LogP contribution in [0.1, 0.15) is 38.8 Å². The average molecular weight is 284 g/mol. The van der Waals surface area contributed by atoms with Crippen molar-refractivity contribution in [3.63, 3.8) is 0 Å². The average Bonchev–Trinajstić information content (AvgIpc) is 2.30. The molecule has 0 fully saturated rings. The lowest BCUT2D eigenvalue weighted by Gasteiger charge is -2.38. The molecule has 88 valence electrons. The van der Waals surface area contributed by atoms with Gasteiger partial charge in [0, 0.05) is 4.47 Å². The van der Waals surface area contributed by atoms with Crippen molar-refractivity contribution in [1.29, 1.82) is 0 Å². The van der Waals surface area contributed by atoms with Crippen molar-refractivity contribution in [2.75, 3.05) is 7.11 Å². The molecule has 0 aliphatic carbocycles. The van der Waals surface area contributed by atoms with Gasteiger partial charge in [-0.1, -0.05) is 22.0 Å². The van der Waals surface area contributed by atoms with Crippen molar-refractivity contribution in [2.24, 2.45) is 0 Å². The van der Waals surface area contributed by atoms with Crippen molar-refractivity contribution in [1.82, 2.24) is 5.06 Å². The molecule has 3 heteroatoms. The van der Waals surface area contributed by atoms with Gasteiger partial charge in [-0.2, -0.15) is 5.06 Å². The molecular formula is C13H18BrNO. The molecule has 0 N–H and O–H groups in total. The van der Waals surface area contributed by atoms with Gasteiger partial charge in [0.25, 0.3) is 0 Å². The van der Waals surface area contributed by atoms with Crippen LogP contribution in [0.5, 0.6) is 0 Å². The van der Waals surface area contributed by atoms with E-state index in [1.807, 2.05) is 0 Å². The van der Waals surface area contributed by atoms with Gasteiger partial charge < -0.3 is 4.84 Å². The first-order chi connectivity index (χ1) is 7.31. The van der Waals surface area contributed by atoms with E-state index < -0.39 is 0 Å². The zero-order valence-corrected chi connectivity index (χ0v) is 12.1. The van der Waals surface area contributed by atoms with Gasteiger partial charge in [0.2, 0.25) is 0 Å². The molecule has 16 heavy (non-hydrogen) atoms.